The van der Waals surface area contributed by atoms with Crippen molar-refractivity contribution < 1.29 is 20.2 Å². The predicted octanol–water partition coefficient (Wildman–Crippen LogP) is -0.322. The molecule has 5 N–H and O–H groups in total. The van der Waals surface area contributed by atoms with Gasteiger partial charge in [-0.2, -0.15) is 5.06 Å². The highest BCUT2D eigenvalue weighted by Crippen LogP contribution is 2.36. The van der Waals surface area contributed by atoms with Crippen molar-refractivity contribution >= 4 is 0 Å². The predicted molar refractivity (Wildman–Crippen MR) is 105 cm³/mol. The van der Waals surface area contributed by atoms with Gasteiger partial charge in [0, 0.05) is 41.8 Å². The highest BCUT2D eigenvalue weighted by molar-refractivity contribution is 5.07. The second-order valence-electron chi connectivity index (χ2n) is 9.36. The number of aliphatic hydroxyl groups excluding tert-OH is 2. The smallest absolute Gasteiger partial charge is 0.330 e. The fourth-order valence-electron chi connectivity index (χ4n) is 4.59. The molecule has 0 saturated carbocycles. The van der Waals surface area contributed by atoms with Crippen molar-refractivity contribution in [2.45, 2.75) is 89.1 Å². The van der Waals surface area contributed by atoms with Crippen molar-refractivity contribution in [3.63, 3.8) is 0 Å². The summed E-state index contributed by atoms with van der Waals surface area (Å²) in [6, 6.07) is 0.0755. The molecule has 0 unspecified atom stereocenters. The van der Waals surface area contributed by atoms with Crippen LogP contribution in [0, 0.1) is 0 Å². The van der Waals surface area contributed by atoms with Crippen molar-refractivity contribution in [1.82, 2.24) is 19.9 Å². The zero-order valence-corrected chi connectivity index (χ0v) is 17.4. The summed E-state index contributed by atoms with van der Waals surface area (Å²) in [5.41, 5.74) is -1.56. The van der Waals surface area contributed by atoms with E-state index in [9.17, 15) is 25.0 Å². The van der Waals surface area contributed by atoms with Gasteiger partial charge >= 0.3 is 5.69 Å². The van der Waals surface area contributed by atoms with Gasteiger partial charge in [0.15, 0.2) is 0 Å². The topological polar surface area (TPSA) is 140 Å². The summed E-state index contributed by atoms with van der Waals surface area (Å²) in [4.78, 5) is 26.8. The van der Waals surface area contributed by atoms with E-state index in [0.29, 0.717) is 18.4 Å². The van der Waals surface area contributed by atoms with Gasteiger partial charge in [-0.05, 0) is 40.5 Å². The van der Waals surface area contributed by atoms with E-state index < -0.39 is 40.8 Å². The van der Waals surface area contributed by atoms with Gasteiger partial charge in [-0.15, -0.1) is 0 Å². The van der Waals surface area contributed by atoms with Gasteiger partial charge in [0.2, 0.25) is 0 Å². The third-order valence-electron chi connectivity index (χ3n) is 5.96. The molecule has 2 fully saturated rings. The molecule has 0 spiro atoms. The second kappa shape index (κ2) is 7.93. The minimum absolute atomic E-state index is 0.0755. The Morgan fingerprint density at radius 3 is 2.41 bits per heavy atom. The van der Waals surface area contributed by atoms with Crippen LogP contribution in [0.4, 0.5) is 0 Å². The fourth-order valence-corrected chi connectivity index (χ4v) is 4.59. The Morgan fingerprint density at radius 1 is 1.24 bits per heavy atom. The molecule has 1 aromatic heterocycles. The fraction of sp³-hybridized carbons (Fsp3) is 0.789. The first kappa shape index (κ1) is 22.1. The van der Waals surface area contributed by atoms with Crippen LogP contribution in [0.2, 0.25) is 0 Å². The molecule has 0 aliphatic carbocycles. The van der Waals surface area contributed by atoms with E-state index in [2.05, 4.69) is 10.3 Å². The Balaban J connectivity index is 1.75. The lowest BCUT2D eigenvalue weighted by atomic mass is 9.79. The first-order valence-electron chi connectivity index (χ1n) is 9.96. The number of nitrogens with zero attached hydrogens (tertiary/aromatic N) is 2. The Labute approximate surface area is 169 Å². The summed E-state index contributed by atoms with van der Waals surface area (Å²) < 4.78 is 6.78. The van der Waals surface area contributed by atoms with Crippen LogP contribution in [-0.2, 0) is 11.3 Å². The third-order valence-corrected chi connectivity index (χ3v) is 5.96. The van der Waals surface area contributed by atoms with Gasteiger partial charge in [-0.25, -0.2) is 4.79 Å². The van der Waals surface area contributed by atoms with Gasteiger partial charge in [0.1, 0.15) is 12.3 Å². The van der Waals surface area contributed by atoms with E-state index in [1.165, 1.54) is 15.8 Å². The van der Waals surface area contributed by atoms with Crippen molar-refractivity contribution in [2.75, 3.05) is 6.61 Å². The molecule has 2 aliphatic heterocycles. The SMILES string of the molecule is CC1(C)CC(NCc2cn([C@@H]3C[C@H](O)[C@@H](CO)O3)c(=O)[nH]c2=O)CC(C)(C)N1O. The minimum atomic E-state index is -0.876. The Kier molecular flexibility index (Phi) is 6.06. The van der Waals surface area contributed by atoms with Crippen LogP contribution in [0.3, 0.4) is 0 Å². The Bertz CT molecular complexity index is 830. The lowest BCUT2D eigenvalue weighted by Gasteiger charge is -2.51. The minimum Gasteiger partial charge on any atom is -0.394 e. The van der Waals surface area contributed by atoms with Crippen LogP contribution in [-0.4, -0.2) is 66.0 Å². The molecule has 3 heterocycles. The number of hydrogen-bond acceptors (Lipinski definition) is 8. The first-order valence-corrected chi connectivity index (χ1v) is 9.96. The van der Waals surface area contributed by atoms with E-state index in [0.717, 1.165) is 0 Å². The summed E-state index contributed by atoms with van der Waals surface area (Å²) in [5.74, 6) is 0. The molecule has 0 aromatic carbocycles. The van der Waals surface area contributed by atoms with Crippen LogP contribution in [0.25, 0.3) is 0 Å². The molecule has 0 amide bonds. The number of aliphatic hydroxyl groups is 2. The Morgan fingerprint density at radius 2 is 1.86 bits per heavy atom. The Hall–Kier alpha value is -1.56. The van der Waals surface area contributed by atoms with E-state index in [1.807, 2.05) is 27.7 Å². The van der Waals surface area contributed by atoms with E-state index in [-0.39, 0.29) is 25.6 Å². The van der Waals surface area contributed by atoms with E-state index in [4.69, 9.17) is 4.74 Å². The monoisotopic (exact) mass is 412 g/mol. The maximum absolute atomic E-state index is 12.3. The number of piperidine rings is 1. The van der Waals surface area contributed by atoms with Gasteiger partial charge in [-0.3, -0.25) is 14.3 Å². The molecule has 29 heavy (non-hydrogen) atoms. The maximum Gasteiger partial charge on any atom is 0.330 e. The van der Waals surface area contributed by atoms with Crippen molar-refractivity contribution in [3.05, 3.63) is 32.6 Å². The summed E-state index contributed by atoms with van der Waals surface area (Å²) in [5, 5.41) is 34.4. The summed E-state index contributed by atoms with van der Waals surface area (Å²) in [7, 11) is 0. The van der Waals surface area contributed by atoms with Crippen molar-refractivity contribution in [3.8, 4) is 0 Å². The van der Waals surface area contributed by atoms with Crippen LogP contribution < -0.4 is 16.6 Å². The third kappa shape index (κ3) is 4.47. The number of hydrogen-bond donors (Lipinski definition) is 5. The number of nitrogens with one attached hydrogen (secondary N) is 2. The summed E-state index contributed by atoms with van der Waals surface area (Å²) in [6.07, 6.45) is 0.610. The average Bonchev–Trinajstić information content (AvgIpc) is 2.99. The van der Waals surface area contributed by atoms with Crippen molar-refractivity contribution in [1.29, 1.82) is 0 Å². The summed E-state index contributed by atoms with van der Waals surface area (Å²) >= 11 is 0. The highest BCUT2D eigenvalue weighted by Gasteiger charge is 2.44. The van der Waals surface area contributed by atoms with Gasteiger partial charge in [0.05, 0.1) is 12.7 Å². The lowest BCUT2D eigenvalue weighted by Crippen LogP contribution is -2.62. The second-order valence-corrected chi connectivity index (χ2v) is 9.36. The molecule has 10 heteroatoms. The van der Waals surface area contributed by atoms with Crippen molar-refractivity contribution in [2.24, 2.45) is 0 Å². The zero-order chi connectivity index (χ0) is 21.6. The molecule has 164 valence electrons. The molecule has 2 aliphatic rings. The normalized spacial score (nSPS) is 30.0. The lowest BCUT2D eigenvalue weighted by molar-refractivity contribution is -0.246. The quantitative estimate of drug-likeness (QED) is 0.443. The molecule has 0 bridgehead atoms. The van der Waals surface area contributed by atoms with Gasteiger partial charge < -0.3 is 25.5 Å². The molecule has 10 nitrogen and oxygen atoms in total. The van der Waals surface area contributed by atoms with Crippen LogP contribution >= 0.6 is 0 Å². The molecule has 0 radical (unpaired) electrons. The molecule has 3 atom stereocenters. The molecule has 3 rings (SSSR count). The van der Waals surface area contributed by atoms with E-state index >= 15 is 0 Å². The summed E-state index contributed by atoms with van der Waals surface area (Å²) in [6.45, 7) is 7.77. The largest absolute Gasteiger partial charge is 0.394 e. The first-order chi connectivity index (χ1) is 13.4. The van der Waals surface area contributed by atoms with Gasteiger partial charge in [0.25, 0.3) is 5.56 Å². The maximum atomic E-state index is 12.3. The van der Waals surface area contributed by atoms with Crippen LogP contribution in [0.5, 0.6) is 0 Å². The molecular weight excluding hydrogens is 380 g/mol. The molecule has 1 aromatic rings. The number of aromatic nitrogens is 2. The molecular formula is C19H32N4O6. The zero-order valence-electron chi connectivity index (χ0n) is 17.4. The number of ether oxygens (including phenoxy) is 1. The number of hydroxylamine groups is 2. The number of rotatable bonds is 5. The average molecular weight is 412 g/mol. The van der Waals surface area contributed by atoms with Crippen LogP contribution in [0.1, 0.15) is 58.7 Å². The number of aromatic amines is 1. The van der Waals surface area contributed by atoms with E-state index in [1.54, 1.807) is 0 Å². The molecule has 2 saturated heterocycles. The van der Waals surface area contributed by atoms with Crippen LogP contribution in [0.15, 0.2) is 15.8 Å². The standard InChI is InChI=1S/C19H32N4O6/c1-18(2)6-12(7-19(3,4)23(18)28)20-8-11-9-22(17(27)21-16(11)26)15-5-13(25)14(10-24)29-15/h9,12-15,20,24-25,28H,5-8,10H2,1-4H3,(H,21,26,27)/t13-,14+,15-/m0/s1. The van der Waals surface area contributed by atoms with Gasteiger partial charge in [-0.1, -0.05) is 0 Å². The number of H-pyrrole nitrogens is 1. The highest BCUT2D eigenvalue weighted by atomic mass is 16.5.